The fourth-order valence-electron chi connectivity index (χ4n) is 3.19. The SMILES string of the molecule is O=C(Nc1cnc(N2CCCCC2)nc1)c1cccc(Oc2ccc(F)cc2)c1. The molecule has 0 bridgehead atoms. The zero-order valence-electron chi connectivity index (χ0n) is 15.8. The minimum Gasteiger partial charge on any atom is -0.457 e. The maximum Gasteiger partial charge on any atom is 0.255 e. The lowest BCUT2D eigenvalue weighted by atomic mass is 10.1. The second-order valence-electron chi connectivity index (χ2n) is 6.86. The van der Waals surface area contributed by atoms with Gasteiger partial charge in [0, 0.05) is 18.7 Å². The van der Waals surface area contributed by atoms with Crippen molar-refractivity contribution in [2.45, 2.75) is 19.3 Å². The van der Waals surface area contributed by atoms with Gasteiger partial charge in [0.1, 0.15) is 17.3 Å². The molecule has 1 N–H and O–H groups in total. The van der Waals surface area contributed by atoms with Gasteiger partial charge in [0.15, 0.2) is 0 Å². The second kappa shape index (κ2) is 8.68. The predicted octanol–water partition coefficient (Wildman–Crippen LogP) is 4.65. The number of carbonyl (C=O) groups is 1. The van der Waals surface area contributed by atoms with E-state index in [0.29, 0.717) is 28.7 Å². The average molecular weight is 392 g/mol. The summed E-state index contributed by atoms with van der Waals surface area (Å²) in [6.07, 6.45) is 6.78. The zero-order valence-corrected chi connectivity index (χ0v) is 15.8. The quantitative estimate of drug-likeness (QED) is 0.685. The third-order valence-corrected chi connectivity index (χ3v) is 4.68. The first kappa shape index (κ1) is 18.9. The molecule has 4 rings (SSSR count). The third kappa shape index (κ3) is 4.87. The molecule has 2 aromatic carbocycles. The van der Waals surface area contributed by atoms with Crippen molar-refractivity contribution in [2.24, 2.45) is 0 Å². The number of anilines is 2. The average Bonchev–Trinajstić information content (AvgIpc) is 2.77. The van der Waals surface area contributed by atoms with Crippen molar-refractivity contribution < 1.29 is 13.9 Å². The van der Waals surface area contributed by atoms with Gasteiger partial charge in [0.2, 0.25) is 5.95 Å². The summed E-state index contributed by atoms with van der Waals surface area (Å²) in [5.41, 5.74) is 0.963. The van der Waals surface area contributed by atoms with Crippen LogP contribution in [0, 0.1) is 5.82 Å². The van der Waals surface area contributed by atoms with E-state index in [0.717, 1.165) is 25.9 Å². The number of ether oxygens (including phenoxy) is 1. The van der Waals surface area contributed by atoms with Gasteiger partial charge in [0.25, 0.3) is 5.91 Å². The number of hydrogen-bond donors (Lipinski definition) is 1. The molecule has 1 fully saturated rings. The molecule has 1 saturated heterocycles. The monoisotopic (exact) mass is 392 g/mol. The summed E-state index contributed by atoms with van der Waals surface area (Å²) in [6.45, 7) is 1.93. The summed E-state index contributed by atoms with van der Waals surface area (Å²) in [6, 6.07) is 12.5. The highest BCUT2D eigenvalue weighted by Crippen LogP contribution is 2.23. The molecule has 0 atom stereocenters. The van der Waals surface area contributed by atoms with E-state index in [1.54, 1.807) is 36.7 Å². The molecule has 0 spiro atoms. The van der Waals surface area contributed by atoms with E-state index in [4.69, 9.17) is 4.74 Å². The Kier molecular flexibility index (Phi) is 5.65. The Morgan fingerprint density at radius 3 is 2.41 bits per heavy atom. The molecule has 1 aliphatic rings. The Balaban J connectivity index is 1.41. The van der Waals surface area contributed by atoms with Crippen molar-refractivity contribution in [1.82, 2.24) is 9.97 Å². The molecular formula is C22H21FN4O2. The minimum atomic E-state index is -0.334. The first-order valence-electron chi connectivity index (χ1n) is 9.59. The van der Waals surface area contributed by atoms with E-state index >= 15 is 0 Å². The van der Waals surface area contributed by atoms with Crippen LogP contribution in [-0.2, 0) is 0 Å². The lowest BCUT2D eigenvalue weighted by Crippen LogP contribution is -2.30. The number of rotatable bonds is 5. The lowest BCUT2D eigenvalue weighted by Gasteiger charge is -2.26. The van der Waals surface area contributed by atoms with Crippen LogP contribution in [0.4, 0.5) is 16.0 Å². The number of hydrogen-bond acceptors (Lipinski definition) is 5. The fraction of sp³-hybridized carbons (Fsp3) is 0.227. The van der Waals surface area contributed by atoms with Crippen molar-refractivity contribution in [2.75, 3.05) is 23.3 Å². The van der Waals surface area contributed by atoms with Crippen LogP contribution in [0.2, 0.25) is 0 Å². The van der Waals surface area contributed by atoms with Gasteiger partial charge in [-0.1, -0.05) is 6.07 Å². The Morgan fingerprint density at radius 1 is 0.966 bits per heavy atom. The molecule has 6 nitrogen and oxygen atoms in total. The summed E-state index contributed by atoms with van der Waals surface area (Å²) in [5.74, 6) is 1.05. The van der Waals surface area contributed by atoms with Crippen LogP contribution >= 0.6 is 0 Å². The van der Waals surface area contributed by atoms with Gasteiger partial charge >= 0.3 is 0 Å². The van der Waals surface area contributed by atoms with Gasteiger partial charge in [-0.2, -0.15) is 0 Å². The van der Waals surface area contributed by atoms with E-state index in [1.165, 1.54) is 30.7 Å². The highest BCUT2D eigenvalue weighted by atomic mass is 19.1. The van der Waals surface area contributed by atoms with Crippen LogP contribution in [0.15, 0.2) is 60.9 Å². The summed E-state index contributed by atoms with van der Waals surface area (Å²) < 4.78 is 18.7. The number of aromatic nitrogens is 2. The summed E-state index contributed by atoms with van der Waals surface area (Å²) in [7, 11) is 0. The molecule has 0 radical (unpaired) electrons. The first-order valence-corrected chi connectivity index (χ1v) is 9.59. The predicted molar refractivity (Wildman–Crippen MR) is 109 cm³/mol. The summed E-state index contributed by atoms with van der Waals surface area (Å²) in [4.78, 5) is 23.5. The van der Waals surface area contributed by atoms with Gasteiger partial charge in [-0.25, -0.2) is 14.4 Å². The fourth-order valence-corrected chi connectivity index (χ4v) is 3.19. The number of piperidine rings is 1. The maximum atomic E-state index is 13.0. The Labute approximate surface area is 168 Å². The number of benzene rings is 2. The normalized spacial score (nSPS) is 13.8. The van der Waals surface area contributed by atoms with E-state index in [1.807, 2.05) is 0 Å². The van der Waals surface area contributed by atoms with Crippen LogP contribution in [-0.4, -0.2) is 29.0 Å². The highest BCUT2D eigenvalue weighted by molar-refractivity contribution is 6.04. The van der Waals surface area contributed by atoms with Crippen LogP contribution in [0.3, 0.4) is 0 Å². The van der Waals surface area contributed by atoms with Crippen LogP contribution in [0.1, 0.15) is 29.6 Å². The summed E-state index contributed by atoms with van der Waals surface area (Å²) >= 11 is 0. The maximum absolute atomic E-state index is 13.0. The van der Waals surface area contributed by atoms with Crippen LogP contribution < -0.4 is 15.0 Å². The van der Waals surface area contributed by atoms with E-state index < -0.39 is 0 Å². The number of nitrogens with zero attached hydrogens (tertiary/aromatic N) is 3. The number of carbonyl (C=O) groups excluding carboxylic acids is 1. The smallest absolute Gasteiger partial charge is 0.255 e. The number of nitrogens with one attached hydrogen (secondary N) is 1. The second-order valence-corrected chi connectivity index (χ2v) is 6.86. The van der Waals surface area contributed by atoms with Gasteiger partial charge < -0.3 is 15.0 Å². The third-order valence-electron chi connectivity index (χ3n) is 4.68. The van der Waals surface area contributed by atoms with Gasteiger partial charge in [-0.3, -0.25) is 4.79 Å². The van der Waals surface area contributed by atoms with E-state index in [-0.39, 0.29) is 11.7 Å². The molecule has 3 aromatic rings. The Hall–Kier alpha value is -3.48. The Bertz CT molecular complexity index is 971. The molecule has 148 valence electrons. The molecule has 7 heteroatoms. The topological polar surface area (TPSA) is 67.4 Å². The molecule has 0 unspecified atom stereocenters. The van der Waals surface area contributed by atoms with Crippen molar-refractivity contribution in [3.05, 3.63) is 72.3 Å². The largest absolute Gasteiger partial charge is 0.457 e. The lowest BCUT2D eigenvalue weighted by molar-refractivity contribution is 0.102. The van der Waals surface area contributed by atoms with Gasteiger partial charge in [-0.05, 0) is 61.7 Å². The zero-order chi connectivity index (χ0) is 20.1. The first-order chi connectivity index (χ1) is 14.2. The number of amides is 1. The van der Waals surface area contributed by atoms with Crippen LogP contribution in [0.5, 0.6) is 11.5 Å². The molecule has 29 heavy (non-hydrogen) atoms. The molecule has 1 aromatic heterocycles. The standard InChI is InChI=1S/C22H21FN4O2/c23-17-7-9-19(10-8-17)29-20-6-4-5-16(13-20)21(28)26-18-14-24-22(25-15-18)27-11-2-1-3-12-27/h4-10,13-15H,1-3,11-12H2,(H,26,28). The highest BCUT2D eigenvalue weighted by Gasteiger charge is 2.14. The van der Waals surface area contributed by atoms with Gasteiger partial charge in [0.05, 0.1) is 18.1 Å². The van der Waals surface area contributed by atoms with E-state index in [9.17, 15) is 9.18 Å². The molecule has 2 heterocycles. The van der Waals surface area contributed by atoms with Crippen LogP contribution in [0.25, 0.3) is 0 Å². The number of halogens is 1. The molecule has 0 saturated carbocycles. The Morgan fingerprint density at radius 2 is 1.69 bits per heavy atom. The molecular weight excluding hydrogens is 371 g/mol. The molecule has 1 aliphatic heterocycles. The van der Waals surface area contributed by atoms with Crippen molar-refractivity contribution >= 4 is 17.5 Å². The van der Waals surface area contributed by atoms with Crippen molar-refractivity contribution in [1.29, 1.82) is 0 Å². The van der Waals surface area contributed by atoms with Crippen molar-refractivity contribution in [3.63, 3.8) is 0 Å². The van der Waals surface area contributed by atoms with E-state index in [2.05, 4.69) is 20.2 Å². The molecule has 0 aliphatic carbocycles. The molecule has 1 amide bonds. The van der Waals surface area contributed by atoms with Gasteiger partial charge in [-0.15, -0.1) is 0 Å². The minimum absolute atomic E-state index is 0.288. The van der Waals surface area contributed by atoms with Crippen molar-refractivity contribution in [3.8, 4) is 11.5 Å². The summed E-state index contributed by atoms with van der Waals surface area (Å²) in [5, 5.41) is 2.80.